The maximum absolute atomic E-state index is 11.7. The molecule has 0 spiro atoms. The lowest BCUT2D eigenvalue weighted by molar-refractivity contribution is 0.580. The highest BCUT2D eigenvalue weighted by Gasteiger charge is 2.26. The molecule has 0 heterocycles. The second kappa shape index (κ2) is 4.53. The summed E-state index contributed by atoms with van der Waals surface area (Å²) in [5, 5.41) is 0. The molecule has 0 unspecified atom stereocenters. The van der Waals surface area contributed by atoms with E-state index >= 15 is 0 Å². The molecule has 88 valence electrons. The fourth-order valence-electron chi connectivity index (χ4n) is 1.49. The van der Waals surface area contributed by atoms with Crippen LogP contribution >= 0.6 is 0 Å². The molecular weight excluding hydrogens is 224 g/mol. The number of nitrogens with one attached hydrogen (secondary N) is 1. The molecule has 0 radical (unpaired) electrons. The summed E-state index contributed by atoms with van der Waals surface area (Å²) in [7, 11) is -3.17. The van der Waals surface area contributed by atoms with Gasteiger partial charge in [0.1, 0.15) is 0 Å². The average molecular weight is 240 g/mol. The van der Waals surface area contributed by atoms with E-state index in [1.54, 1.807) is 0 Å². The third-order valence-electron chi connectivity index (χ3n) is 2.54. The second-order valence-corrected chi connectivity index (χ2v) is 5.93. The van der Waals surface area contributed by atoms with Gasteiger partial charge in [0, 0.05) is 12.6 Å². The third-order valence-corrected chi connectivity index (χ3v) is 3.94. The van der Waals surface area contributed by atoms with Crippen LogP contribution in [0.5, 0.6) is 0 Å². The first kappa shape index (κ1) is 11.6. The Morgan fingerprint density at radius 3 is 2.25 bits per heavy atom. The van der Waals surface area contributed by atoms with Gasteiger partial charge in [-0.3, -0.25) is 0 Å². The van der Waals surface area contributed by atoms with Crippen LogP contribution in [0.15, 0.2) is 24.3 Å². The fourth-order valence-corrected chi connectivity index (χ4v) is 2.95. The largest absolute Gasteiger partial charge is 0.326 e. The van der Waals surface area contributed by atoms with Gasteiger partial charge in [-0.15, -0.1) is 0 Å². The Bertz CT molecular complexity index is 449. The molecule has 1 saturated carbocycles. The first-order valence-electron chi connectivity index (χ1n) is 5.37. The standard InChI is InChI=1S/C11H16N2O2S/c12-7-9-1-3-10(4-2-9)8-16(14,15)13-11-5-6-11/h1-4,11,13H,5-8,12H2. The van der Waals surface area contributed by atoms with Gasteiger partial charge in [-0.2, -0.15) is 0 Å². The molecule has 3 N–H and O–H groups in total. The van der Waals surface area contributed by atoms with E-state index in [0.29, 0.717) is 6.54 Å². The predicted octanol–water partition coefficient (Wildman–Crippen LogP) is 0.727. The normalized spacial score (nSPS) is 16.3. The van der Waals surface area contributed by atoms with Gasteiger partial charge in [0.2, 0.25) is 10.0 Å². The minimum Gasteiger partial charge on any atom is -0.326 e. The number of rotatable bonds is 5. The molecule has 0 atom stereocenters. The minimum absolute atomic E-state index is 0.0500. The Hall–Kier alpha value is -0.910. The highest BCUT2D eigenvalue weighted by Crippen LogP contribution is 2.20. The molecule has 1 aliphatic rings. The van der Waals surface area contributed by atoms with Crippen LogP contribution in [0, 0.1) is 0 Å². The molecule has 5 heteroatoms. The minimum atomic E-state index is -3.17. The number of sulfonamides is 1. The van der Waals surface area contributed by atoms with Crippen LogP contribution in [0.4, 0.5) is 0 Å². The molecule has 0 saturated heterocycles. The van der Waals surface area contributed by atoms with Crippen molar-refractivity contribution in [2.24, 2.45) is 5.73 Å². The molecule has 0 aromatic heterocycles. The SMILES string of the molecule is NCc1ccc(CS(=O)(=O)NC2CC2)cc1. The highest BCUT2D eigenvalue weighted by molar-refractivity contribution is 7.88. The van der Waals surface area contributed by atoms with Crippen molar-refractivity contribution in [1.29, 1.82) is 0 Å². The van der Waals surface area contributed by atoms with Crippen LogP contribution in [0.3, 0.4) is 0 Å². The van der Waals surface area contributed by atoms with E-state index in [9.17, 15) is 8.42 Å². The molecule has 1 aromatic rings. The molecular formula is C11H16N2O2S. The summed E-state index contributed by atoms with van der Waals surface area (Å²) < 4.78 is 26.0. The topological polar surface area (TPSA) is 72.2 Å². The van der Waals surface area contributed by atoms with Crippen molar-refractivity contribution in [3.63, 3.8) is 0 Å². The van der Waals surface area contributed by atoms with Crippen LogP contribution < -0.4 is 10.5 Å². The summed E-state index contributed by atoms with van der Waals surface area (Å²) in [6.07, 6.45) is 1.93. The van der Waals surface area contributed by atoms with Gasteiger partial charge in [0.05, 0.1) is 5.75 Å². The van der Waals surface area contributed by atoms with E-state index < -0.39 is 10.0 Å². The van der Waals surface area contributed by atoms with Crippen molar-refractivity contribution in [2.45, 2.75) is 31.2 Å². The molecule has 1 aromatic carbocycles. The zero-order valence-corrected chi connectivity index (χ0v) is 9.83. The monoisotopic (exact) mass is 240 g/mol. The van der Waals surface area contributed by atoms with Crippen LogP contribution in [0.25, 0.3) is 0 Å². The Labute approximate surface area is 95.9 Å². The molecule has 4 nitrogen and oxygen atoms in total. The van der Waals surface area contributed by atoms with Crippen LogP contribution in [0.2, 0.25) is 0 Å². The Morgan fingerprint density at radius 2 is 1.75 bits per heavy atom. The van der Waals surface area contributed by atoms with Crippen molar-refractivity contribution in [2.75, 3.05) is 0 Å². The molecule has 0 bridgehead atoms. The van der Waals surface area contributed by atoms with Gasteiger partial charge in [0.25, 0.3) is 0 Å². The average Bonchev–Trinajstić information content (AvgIpc) is 3.01. The van der Waals surface area contributed by atoms with Gasteiger partial charge < -0.3 is 5.73 Å². The number of benzene rings is 1. The summed E-state index contributed by atoms with van der Waals surface area (Å²) >= 11 is 0. The maximum Gasteiger partial charge on any atom is 0.216 e. The van der Waals surface area contributed by atoms with Gasteiger partial charge in [-0.25, -0.2) is 13.1 Å². The van der Waals surface area contributed by atoms with E-state index in [-0.39, 0.29) is 11.8 Å². The maximum atomic E-state index is 11.7. The zero-order chi connectivity index (χ0) is 11.6. The quantitative estimate of drug-likeness (QED) is 0.797. The summed E-state index contributed by atoms with van der Waals surface area (Å²) in [6, 6.07) is 7.53. The number of hydrogen-bond acceptors (Lipinski definition) is 3. The van der Waals surface area contributed by atoms with E-state index in [4.69, 9.17) is 5.73 Å². The molecule has 0 aliphatic heterocycles. The molecule has 1 aliphatic carbocycles. The highest BCUT2D eigenvalue weighted by atomic mass is 32.2. The predicted molar refractivity (Wildman–Crippen MR) is 63.1 cm³/mol. The van der Waals surface area contributed by atoms with Crippen molar-refractivity contribution in [3.05, 3.63) is 35.4 Å². The molecule has 1 fully saturated rings. The van der Waals surface area contributed by atoms with E-state index in [1.807, 2.05) is 24.3 Å². The fraction of sp³-hybridized carbons (Fsp3) is 0.455. The van der Waals surface area contributed by atoms with Crippen LogP contribution in [-0.4, -0.2) is 14.5 Å². The van der Waals surface area contributed by atoms with E-state index in [1.165, 1.54) is 0 Å². The van der Waals surface area contributed by atoms with Gasteiger partial charge >= 0.3 is 0 Å². The van der Waals surface area contributed by atoms with E-state index in [0.717, 1.165) is 24.0 Å². The van der Waals surface area contributed by atoms with Gasteiger partial charge in [0.15, 0.2) is 0 Å². The van der Waals surface area contributed by atoms with Crippen molar-refractivity contribution < 1.29 is 8.42 Å². The first-order chi connectivity index (χ1) is 7.59. The molecule has 2 rings (SSSR count). The third kappa shape index (κ3) is 3.30. The van der Waals surface area contributed by atoms with Crippen molar-refractivity contribution in [1.82, 2.24) is 4.72 Å². The Balaban J connectivity index is 2.01. The Kier molecular flexibility index (Phi) is 3.28. The molecule has 0 amide bonds. The smallest absolute Gasteiger partial charge is 0.216 e. The van der Waals surface area contributed by atoms with Crippen LogP contribution in [-0.2, 0) is 22.3 Å². The number of nitrogens with two attached hydrogens (primary N) is 1. The Morgan fingerprint density at radius 1 is 1.19 bits per heavy atom. The van der Waals surface area contributed by atoms with Crippen molar-refractivity contribution >= 4 is 10.0 Å². The summed E-state index contributed by atoms with van der Waals surface area (Å²) in [5.41, 5.74) is 7.28. The summed E-state index contributed by atoms with van der Waals surface area (Å²) in [6.45, 7) is 0.480. The lowest BCUT2D eigenvalue weighted by Gasteiger charge is -2.05. The summed E-state index contributed by atoms with van der Waals surface area (Å²) in [4.78, 5) is 0. The van der Waals surface area contributed by atoms with Crippen molar-refractivity contribution in [3.8, 4) is 0 Å². The van der Waals surface area contributed by atoms with Gasteiger partial charge in [-0.05, 0) is 24.0 Å². The number of hydrogen-bond donors (Lipinski definition) is 2. The van der Waals surface area contributed by atoms with Crippen LogP contribution in [0.1, 0.15) is 24.0 Å². The molecule has 16 heavy (non-hydrogen) atoms. The second-order valence-electron chi connectivity index (χ2n) is 4.17. The first-order valence-corrected chi connectivity index (χ1v) is 7.02. The summed E-state index contributed by atoms with van der Waals surface area (Å²) in [5.74, 6) is 0.0500. The van der Waals surface area contributed by atoms with E-state index in [2.05, 4.69) is 4.72 Å². The lowest BCUT2D eigenvalue weighted by Crippen LogP contribution is -2.27. The lowest BCUT2D eigenvalue weighted by atomic mass is 10.1. The van der Waals surface area contributed by atoms with Gasteiger partial charge in [-0.1, -0.05) is 24.3 Å². The zero-order valence-electron chi connectivity index (χ0n) is 9.02.